The SMILES string of the molecule is CCCOc1ccc(-c2cc(C(=O)N/N=C/c3cccnc3)[nH]n2)cc1. The van der Waals surface area contributed by atoms with Crippen LogP contribution in [0.3, 0.4) is 0 Å². The van der Waals surface area contributed by atoms with E-state index in [0.29, 0.717) is 18.0 Å². The molecular weight excluding hydrogens is 330 g/mol. The molecule has 0 aliphatic rings. The molecule has 0 fully saturated rings. The summed E-state index contributed by atoms with van der Waals surface area (Å²) in [5, 5.41) is 10.8. The van der Waals surface area contributed by atoms with Crippen LogP contribution in [0.2, 0.25) is 0 Å². The first kappa shape index (κ1) is 17.3. The van der Waals surface area contributed by atoms with Crippen LogP contribution in [0.1, 0.15) is 29.4 Å². The van der Waals surface area contributed by atoms with E-state index in [1.807, 2.05) is 30.3 Å². The number of hydrazone groups is 1. The average molecular weight is 349 g/mol. The van der Waals surface area contributed by atoms with E-state index < -0.39 is 0 Å². The number of aromatic nitrogens is 3. The lowest BCUT2D eigenvalue weighted by Crippen LogP contribution is -2.18. The van der Waals surface area contributed by atoms with Crippen LogP contribution in [0.25, 0.3) is 11.3 Å². The van der Waals surface area contributed by atoms with Crippen molar-refractivity contribution in [2.45, 2.75) is 13.3 Å². The highest BCUT2D eigenvalue weighted by molar-refractivity contribution is 5.94. The Morgan fingerprint density at radius 3 is 2.88 bits per heavy atom. The fraction of sp³-hybridized carbons (Fsp3) is 0.158. The van der Waals surface area contributed by atoms with Gasteiger partial charge in [-0.3, -0.25) is 14.9 Å². The number of rotatable bonds is 7. The number of hydrogen-bond acceptors (Lipinski definition) is 5. The first-order valence-electron chi connectivity index (χ1n) is 8.28. The quantitative estimate of drug-likeness (QED) is 0.506. The highest BCUT2D eigenvalue weighted by atomic mass is 16.5. The molecule has 0 unspecified atom stereocenters. The molecule has 0 aliphatic carbocycles. The highest BCUT2D eigenvalue weighted by Gasteiger charge is 2.10. The van der Waals surface area contributed by atoms with Crippen LogP contribution < -0.4 is 10.2 Å². The summed E-state index contributed by atoms with van der Waals surface area (Å²) in [6.07, 6.45) is 5.81. The molecule has 1 aromatic carbocycles. The predicted molar refractivity (Wildman–Crippen MR) is 99.1 cm³/mol. The van der Waals surface area contributed by atoms with E-state index in [2.05, 4.69) is 32.6 Å². The number of nitrogens with zero attached hydrogens (tertiary/aromatic N) is 3. The Morgan fingerprint density at radius 2 is 2.15 bits per heavy atom. The topological polar surface area (TPSA) is 92.3 Å². The summed E-state index contributed by atoms with van der Waals surface area (Å²) in [6.45, 7) is 2.75. The lowest BCUT2D eigenvalue weighted by Gasteiger charge is -2.04. The van der Waals surface area contributed by atoms with Crippen molar-refractivity contribution in [3.05, 3.63) is 66.1 Å². The monoisotopic (exact) mass is 349 g/mol. The maximum absolute atomic E-state index is 12.1. The summed E-state index contributed by atoms with van der Waals surface area (Å²) in [7, 11) is 0. The maximum atomic E-state index is 12.1. The average Bonchev–Trinajstić information content (AvgIpc) is 3.18. The Bertz CT molecular complexity index is 872. The van der Waals surface area contributed by atoms with Crippen molar-refractivity contribution in [3.8, 4) is 17.0 Å². The Labute approximate surface area is 151 Å². The molecule has 132 valence electrons. The van der Waals surface area contributed by atoms with E-state index in [4.69, 9.17) is 4.74 Å². The lowest BCUT2D eigenvalue weighted by atomic mass is 10.1. The molecule has 3 aromatic rings. The predicted octanol–water partition coefficient (Wildman–Crippen LogP) is 3.02. The second-order valence-corrected chi connectivity index (χ2v) is 5.53. The standard InChI is InChI=1S/C19H19N5O2/c1-2-10-26-16-7-5-15(6-8-16)17-11-18(23-22-17)19(25)24-21-13-14-4-3-9-20-12-14/h3-9,11-13H,2,10H2,1H3,(H,22,23)(H,24,25)/b21-13+. The van der Waals surface area contributed by atoms with Crippen LogP contribution in [0, 0.1) is 0 Å². The van der Waals surface area contributed by atoms with Gasteiger partial charge in [0.1, 0.15) is 11.4 Å². The van der Waals surface area contributed by atoms with Crippen LogP contribution in [0.5, 0.6) is 5.75 Å². The largest absolute Gasteiger partial charge is 0.494 e. The number of pyridine rings is 1. The summed E-state index contributed by atoms with van der Waals surface area (Å²) < 4.78 is 5.56. The molecule has 0 radical (unpaired) electrons. The lowest BCUT2D eigenvalue weighted by molar-refractivity contribution is 0.0950. The van der Waals surface area contributed by atoms with E-state index in [0.717, 1.165) is 23.3 Å². The summed E-state index contributed by atoms with van der Waals surface area (Å²) in [4.78, 5) is 16.1. The summed E-state index contributed by atoms with van der Waals surface area (Å²) in [5.74, 6) is 0.445. The zero-order valence-electron chi connectivity index (χ0n) is 14.3. The van der Waals surface area contributed by atoms with Crippen molar-refractivity contribution in [3.63, 3.8) is 0 Å². The number of aromatic amines is 1. The third kappa shape index (κ3) is 4.54. The number of benzene rings is 1. The van der Waals surface area contributed by atoms with Crippen molar-refractivity contribution in [2.24, 2.45) is 5.10 Å². The van der Waals surface area contributed by atoms with Crippen LogP contribution in [-0.2, 0) is 0 Å². The second kappa shape index (κ2) is 8.57. The van der Waals surface area contributed by atoms with E-state index in [9.17, 15) is 4.79 Å². The molecule has 2 aromatic heterocycles. The van der Waals surface area contributed by atoms with Gasteiger partial charge in [0, 0.05) is 23.5 Å². The van der Waals surface area contributed by atoms with Gasteiger partial charge in [-0.05, 0) is 42.8 Å². The molecule has 2 N–H and O–H groups in total. The first-order valence-corrected chi connectivity index (χ1v) is 8.28. The van der Waals surface area contributed by atoms with E-state index in [-0.39, 0.29) is 5.91 Å². The zero-order valence-corrected chi connectivity index (χ0v) is 14.3. The normalized spacial score (nSPS) is 10.8. The van der Waals surface area contributed by atoms with Crippen molar-refractivity contribution < 1.29 is 9.53 Å². The Balaban J connectivity index is 1.61. The van der Waals surface area contributed by atoms with Gasteiger partial charge in [0.15, 0.2) is 0 Å². The molecule has 0 aliphatic heterocycles. The first-order chi connectivity index (χ1) is 12.8. The Kier molecular flexibility index (Phi) is 5.72. The number of nitrogens with one attached hydrogen (secondary N) is 2. The minimum absolute atomic E-state index is 0.328. The van der Waals surface area contributed by atoms with Gasteiger partial charge in [0.2, 0.25) is 0 Å². The maximum Gasteiger partial charge on any atom is 0.289 e. The van der Waals surface area contributed by atoms with Crippen molar-refractivity contribution in [2.75, 3.05) is 6.61 Å². The molecule has 3 rings (SSSR count). The number of amides is 1. The smallest absolute Gasteiger partial charge is 0.289 e. The van der Waals surface area contributed by atoms with Gasteiger partial charge in [-0.25, -0.2) is 5.43 Å². The number of carbonyl (C=O) groups excluding carboxylic acids is 1. The van der Waals surface area contributed by atoms with E-state index in [1.165, 1.54) is 6.21 Å². The molecule has 0 spiro atoms. The van der Waals surface area contributed by atoms with Gasteiger partial charge < -0.3 is 4.74 Å². The molecule has 0 saturated carbocycles. The summed E-state index contributed by atoms with van der Waals surface area (Å²) in [6, 6.07) is 12.9. The van der Waals surface area contributed by atoms with Gasteiger partial charge in [-0.2, -0.15) is 10.2 Å². The van der Waals surface area contributed by atoms with Gasteiger partial charge in [0.25, 0.3) is 5.91 Å². The number of ether oxygens (including phenoxy) is 1. The van der Waals surface area contributed by atoms with Crippen LogP contribution in [-0.4, -0.2) is 33.9 Å². The fourth-order valence-corrected chi connectivity index (χ4v) is 2.21. The third-order valence-corrected chi connectivity index (χ3v) is 3.51. The molecule has 0 saturated heterocycles. The van der Waals surface area contributed by atoms with Crippen LogP contribution >= 0.6 is 0 Å². The number of H-pyrrole nitrogens is 1. The van der Waals surface area contributed by atoms with Crippen molar-refractivity contribution >= 4 is 12.1 Å². The van der Waals surface area contributed by atoms with Gasteiger partial charge in [0.05, 0.1) is 18.5 Å². The minimum atomic E-state index is -0.369. The zero-order chi connectivity index (χ0) is 18.2. The molecule has 0 bridgehead atoms. The fourth-order valence-electron chi connectivity index (χ4n) is 2.21. The van der Waals surface area contributed by atoms with Crippen molar-refractivity contribution in [1.29, 1.82) is 0 Å². The molecule has 0 atom stereocenters. The van der Waals surface area contributed by atoms with Crippen molar-refractivity contribution in [1.82, 2.24) is 20.6 Å². The van der Waals surface area contributed by atoms with E-state index in [1.54, 1.807) is 24.5 Å². The summed E-state index contributed by atoms with van der Waals surface area (Å²) >= 11 is 0. The minimum Gasteiger partial charge on any atom is -0.494 e. The van der Waals surface area contributed by atoms with Crippen LogP contribution in [0.4, 0.5) is 0 Å². The third-order valence-electron chi connectivity index (χ3n) is 3.51. The van der Waals surface area contributed by atoms with Gasteiger partial charge in [-0.15, -0.1) is 0 Å². The molecule has 7 nitrogen and oxygen atoms in total. The number of hydrogen-bond donors (Lipinski definition) is 2. The number of carbonyl (C=O) groups is 1. The van der Waals surface area contributed by atoms with E-state index >= 15 is 0 Å². The summed E-state index contributed by atoms with van der Waals surface area (Å²) in [5.41, 5.74) is 5.15. The molecular formula is C19H19N5O2. The van der Waals surface area contributed by atoms with Gasteiger partial charge >= 0.3 is 0 Å². The highest BCUT2D eigenvalue weighted by Crippen LogP contribution is 2.21. The van der Waals surface area contributed by atoms with Gasteiger partial charge in [-0.1, -0.05) is 13.0 Å². The molecule has 2 heterocycles. The molecule has 7 heteroatoms. The second-order valence-electron chi connectivity index (χ2n) is 5.53. The molecule has 1 amide bonds. The van der Waals surface area contributed by atoms with Crippen LogP contribution in [0.15, 0.2) is 60.0 Å². The molecule has 26 heavy (non-hydrogen) atoms. The Morgan fingerprint density at radius 1 is 1.31 bits per heavy atom. The Hall–Kier alpha value is -3.48.